The van der Waals surface area contributed by atoms with E-state index in [1.54, 1.807) is 4.90 Å². The predicted octanol–water partition coefficient (Wildman–Crippen LogP) is 2.28. The number of piperazine rings is 1. The van der Waals surface area contributed by atoms with Crippen LogP contribution >= 0.6 is 0 Å². The Kier molecular flexibility index (Phi) is 6.43. The number of hydrogen-bond acceptors (Lipinski definition) is 6. The van der Waals surface area contributed by atoms with Gasteiger partial charge < -0.3 is 19.9 Å². The zero-order valence-corrected chi connectivity index (χ0v) is 14.3. The lowest BCUT2D eigenvalue weighted by atomic mass is 10.3. The number of hydrogen-bond donors (Lipinski definition) is 1. The molecule has 1 aliphatic rings. The smallest absolute Gasteiger partial charge is 0.409 e. The van der Waals surface area contributed by atoms with Crippen LogP contribution in [0.3, 0.4) is 0 Å². The molecule has 23 heavy (non-hydrogen) atoms. The van der Waals surface area contributed by atoms with Crippen LogP contribution in [-0.2, 0) is 4.74 Å². The molecular formula is C16H27N5O2. The fourth-order valence-electron chi connectivity index (χ4n) is 2.53. The van der Waals surface area contributed by atoms with Crippen LogP contribution in [0.1, 0.15) is 32.5 Å². The van der Waals surface area contributed by atoms with Crippen LogP contribution in [0.25, 0.3) is 0 Å². The Balaban J connectivity index is 1.96. The first-order valence-electron chi connectivity index (χ1n) is 8.40. The van der Waals surface area contributed by atoms with Crippen LogP contribution in [-0.4, -0.2) is 60.3 Å². The topological polar surface area (TPSA) is 70.6 Å². The van der Waals surface area contributed by atoms with E-state index in [9.17, 15) is 4.79 Å². The Labute approximate surface area is 138 Å². The van der Waals surface area contributed by atoms with Crippen molar-refractivity contribution in [2.75, 3.05) is 49.5 Å². The number of aryl methyl sites for hydroxylation is 1. The number of carbonyl (C=O) groups excluding carboxylic acids is 1. The largest absolute Gasteiger partial charge is 0.450 e. The molecule has 0 bridgehead atoms. The summed E-state index contributed by atoms with van der Waals surface area (Å²) in [5.41, 5.74) is 0. The maximum absolute atomic E-state index is 11.7. The number of nitrogens with zero attached hydrogens (tertiary/aromatic N) is 4. The monoisotopic (exact) mass is 321 g/mol. The minimum absolute atomic E-state index is 0.229. The molecule has 1 fully saturated rings. The number of carbonyl (C=O) groups is 1. The van der Waals surface area contributed by atoms with E-state index < -0.39 is 0 Å². The predicted molar refractivity (Wildman–Crippen MR) is 91.0 cm³/mol. The Bertz CT molecular complexity index is 515. The van der Waals surface area contributed by atoms with Gasteiger partial charge >= 0.3 is 6.09 Å². The number of rotatable bonds is 6. The molecular weight excluding hydrogens is 294 g/mol. The Morgan fingerprint density at radius 1 is 1.26 bits per heavy atom. The van der Waals surface area contributed by atoms with Crippen molar-refractivity contribution in [2.24, 2.45) is 0 Å². The van der Waals surface area contributed by atoms with Crippen molar-refractivity contribution in [1.29, 1.82) is 0 Å². The molecule has 2 rings (SSSR count). The average Bonchev–Trinajstić information content (AvgIpc) is 2.55. The van der Waals surface area contributed by atoms with Crippen molar-refractivity contribution in [1.82, 2.24) is 14.9 Å². The third kappa shape index (κ3) is 4.97. The minimum Gasteiger partial charge on any atom is -0.450 e. The lowest BCUT2D eigenvalue weighted by molar-refractivity contribution is 0.105. The van der Waals surface area contributed by atoms with Gasteiger partial charge in [-0.3, -0.25) is 0 Å². The fraction of sp³-hybridized carbons (Fsp3) is 0.688. The van der Waals surface area contributed by atoms with E-state index in [1.807, 2.05) is 19.9 Å². The molecule has 1 aromatic rings. The second kappa shape index (κ2) is 8.55. The van der Waals surface area contributed by atoms with E-state index >= 15 is 0 Å². The summed E-state index contributed by atoms with van der Waals surface area (Å²) >= 11 is 0. The summed E-state index contributed by atoms with van der Waals surface area (Å²) in [7, 11) is 0. The molecule has 0 radical (unpaired) electrons. The van der Waals surface area contributed by atoms with Gasteiger partial charge in [0.1, 0.15) is 17.5 Å². The SMILES string of the molecule is CCCCNc1cc(N2CCN(C(=O)OCC)CC2)nc(C)n1. The van der Waals surface area contributed by atoms with Gasteiger partial charge in [0.2, 0.25) is 0 Å². The van der Waals surface area contributed by atoms with Crippen LogP contribution in [0, 0.1) is 6.92 Å². The van der Waals surface area contributed by atoms with E-state index in [0.29, 0.717) is 19.7 Å². The first kappa shape index (κ1) is 17.3. The first-order chi connectivity index (χ1) is 11.1. The minimum atomic E-state index is -0.229. The molecule has 1 saturated heterocycles. The highest BCUT2D eigenvalue weighted by Gasteiger charge is 2.23. The number of nitrogens with one attached hydrogen (secondary N) is 1. The van der Waals surface area contributed by atoms with Crippen molar-refractivity contribution in [3.8, 4) is 0 Å². The van der Waals surface area contributed by atoms with Gasteiger partial charge in [-0.25, -0.2) is 14.8 Å². The Hall–Kier alpha value is -2.05. The molecule has 0 aromatic carbocycles. The van der Waals surface area contributed by atoms with Crippen molar-refractivity contribution in [3.05, 3.63) is 11.9 Å². The van der Waals surface area contributed by atoms with Crippen molar-refractivity contribution in [3.63, 3.8) is 0 Å². The second-order valence-electron chi connectivity index (χ2n) is 5.61. The van der Waals surface area contributed by atoms with Gasteiger partial charge in [0.05, 0.1) is 6.61 Å². The van der Waals surface area contributed by atoms with Gasteiger partial charge in [-0.1, -0.05) is 13.3 Å². The molecule has 1 amide bonds. The van der Waals surface area contributed by atoms with Crippen molar-refractivity contribution < 1.29 is 9.53 Å². The lowest BCUT2D eigenvalue weighted by Crippen LogP contribution is -2.49. The molecule has 0 saturated carbocycles. The third-order valence-electron chi connectivity index (χ3n) is 3.79. The number of ether oxygens (including phenoxy) is 1. The fourth-order valence-corrected chi connectivity index (χ4v) is 2.53. The van der Waals surface area contributed by atoms with E-state index in [2.05, 4.69) is 27.1 Å². The van der Waals surface area contributed by atoms with Crippen LogP contribution in [0.5, 0.6) is 0 Å². The lowest BCUT2D eigenvalue weighted by Gasteiger charge is -2.34. The highest BCUT2D eigenvalue weighted by atomic mass is 16.6. The van der Waals surface area contributed by atoms with Crippen LogP contribution in [0.15, 0.2) is 6.07 Å². The quantitative estimate of drug-likeness (QED) is 0.811. The van der Waals surface area contributed by atoms with Crippen molar-refractivity contribution >= 4 is 17.7 Å². The van der Waals surface area contributed by atoms with Gasteiger partial charge in [0, 0.05) is 38.8 Å². The molecule has 0 aliphatic carbocycles. The van der Waals surface area contributed by atoms with E-state index in [4.69, 9.17) is 4.74 Å². The van der Waals surface area contributed by atoms with E-state index in [1.165, 1.54) is 0 Å². The summed E-state index contributed by atoms with van der Waals surface area (Å²) in [4.78, 5) is 24.6. The van der Waals surface area contributed by atoms with Crippen LogP contribution in [0.2, 0.25) is 0 Å². The van der Waals surface area contributed by atoms with Gasteiger partial charge in [-0.2, -0.15) is 0 Å². The van der Waals surface area contributed by atoms with Crippen molar-refractivity contribution in [2.45, 2.75) is 33.6 Å². The van der Waals surface area contributed by atoms with Gasteiger partial charge in [0.25, 0.3) is 0 Å². The van der Waals surface area contributed by atoms with E-state index in [0.717, 1.165) is 49.9 Å². The maximum atomic E-state index is 11.7. The summed E-state index contributed by atoms with van der Waals surface area (Å²) in [6.45, 7) is 10.0. The molecule has 7 heteroatoms. The molecule has 0 spiro atoms. The van der Waals surface area contributed by atoms with Gasteiger partial charge in [-0.15, -0.1) is 0 Å². The van der Waals surface area contributed by atoms with Crippen LogP contribution < -0.4 is 10.2 Å². The molecule has 1 aromatic heterocycles. The zero-order valence-electron chi connectivity index (χ0n) is 14.3. The normalized spacial score (nSPS) is 14.7. The van der Waals surface area contributed by atoms with E-state index in [-0.39, 0.29) is 6.09 Å². The van der Waals surface area contributed by atoms with Crippen LogP contribution in [0.4, 0.5) is 16.4 Å². The van der Waals surface area contributed by atoms with Gasteiger partial charge in [0.15, 0.2) is 0 Å². The summed E-state index contributed by atoms with van der Waals surface area (Å²) in [6.07, 6.45) is 2.05. The summed E-state index contributed by atoms with van der Waals surface area (Å²) < 4.78 is 5.05. The average molecular weight is 321 g/mol. The molecule has 7 nitrogen and oxygen atoms in total. The number of amides is 1. The first-order valence-corrected chi connectivity index (χ1v) is 8.40. The Morgan fingerprint density at radius 3 is 2.65 bits per heavy atom. The number of anilines is 2. The molecule has 0 unspecified atom stereocenters. The summed E-state index contributed by atoms with van der Waals surface area (Å²) in [6, 6.07) is 1.99. The number of unbranched alkanes of at least 4 members (excludes halogenated alkanes) is 1. The molecule has 0 atom stereocenters. The second-order valence-corrected chi connectivity index (χ2v) is 5.61. The molecule has 1 N–H and O–H groups in total. The Morgan fingerprint density at radius 2 is 2.00 bits per heavy atom. The van der Waals surface area contributed by atoms with Gasteiger partial charge in [-0.05, 0) is 20.3 Å². The standard InChI is InChI=1S/C16H27N5O2/c1-4-6-7-17-14-12-15(19-13(3)18-14)20-8-10-21(11-9-20)16(22)23-5-2/h12H,4-11H2,1-3H3,(H,17,18,19). The zero-order chi connectivity index (χ0) is 16.7. The maximum Gasteiger partial charge on any atom is 0.409 e. The highest BCUT2D eigenvalue weighted by Crippen LogP contribution is 2.18. The third-order valence-corrected chi connectivity index (χ3v) is 3.79. The molecule has 128 valence electrons. The molecule has 2 heterocycles. The summed E-state index contributed by atoms with van der Waals surface area (Å²) in [5.74, 6) is 2.54. The number of aromatic nitrogens is 2. The summed E-state index contributed by atoms with van der Waals surface area (Å²) in [5, 5.41) is 3.35. The highest BCUT2D eigenvalue weighted by molar-refractivity contribution is 5.68. The molecule has 1 aliphatic heterocycles.